The summed E-state index contributed by atoms with van der Waals surface area (Å²) in [5.41, 5.74) is 5.47. The Balaban J connectivity index is 2.32. The van der Waals surface area contributed by atoms with E-state index in [0.717, 1.165) is 32.3 Å². The normalized spacial score (nSPS) is 16.7. The van der Waals surface area contributed by atoms with E-state index in [-0.39, 0.29) is 23.5 Å². The Hall–Kier alpha value is -1.87. The van der Waals surface area contributed by atoms with Gasteiger partial charge < -0.3 is 20.7 Å². The maximum atomic E-state index is 12.6. The van der Waals surface area contributed by atoms with E-state index in [4.69, 9.17) is 22.7 Å². The van der Waals surface area contributed by atoms with Crippen LogP contribution in [0.15, 0.2) is 9.59 Å². The second-order valence-electron chi connectivity index (χ2n) is 7.32. The lowest BCUT2D eigenvalue weighted by Gasteiger charge is -2.28. The average molecular weight is 398 g/mol. The van der Waals surface area contributed by atoms with E-state index in [1.54, 1.807) is 4.90 Å². The van der Waals surface area contributed by atoms with E-state index in [1.165, 1.54) is 4.57 Å². The van der Waals surface area contributed by atoms with Crippen LogP contribution >= 0.6 is 12.2 Å². The number of hydrogen-bond acceptors (Lipinski definition) is 5. The van der Waals surface area contributed by atoms with Crippen LogP contribution in [0, 0.1) is 5.92 Å². The smallest absolute Gasteiger partial charge is 0.330 e. The molecule has 0 amide bonds. The van der Waals surface area contributed by atoms with Gasteiger partial charge >= 0.3 is 5.69 Å². The number of hydrogen-bond donors (Lipinski definition) is 3. The van der Waals surface area contributed by atoms with Crippen LogP contribution in [-0.4, -0.2) is 40.5 Å². The minimum atomic E-state index is -0.519. The topological polar surface area (TPSA) is 105 Å². The number of nitrogen functional groups attached to an aromatic ring is 1. The largest absolute Gasteiger partial charge is 0.383 e. The maximum absolute atomic E-state index is 12.6. The van der Waals surface area contributed by atoms with Gasteiger partial charge in [0.1, 0.15) is 5.82 Å². The molecule has 1 aromatic rings. The maximum Gasteiger partial charge on any atom is 0.330 e. The van der Waals surface area contributed by atoms with Crippen molar-refractivity contribution < 1.29 is 4.74 Å². The molecule has 1 atom stereocenters. The number of anilines is 2. The molecule has 1 aliphatic rings. The first kappa shape index (κ1) is 21.4. The van der Waals surface area contributed by atoms with Gasteiger partial charge in [0, 0.05) is 26.2 Å². The van der Waals surface area contributed by atoms with Crippen molar-refractivity contribution in [2.75, 3.05) is 30.3 Å². The number of aromatic amines is 1. The highest BCUT2D eigenvalue weighted by molar-refractivity contribution is 7.80. The molecule has 0 aliphatic carbocycles. The summed E-state index contributed by atoms with van der Waals surface area (Å²) >= 11 is 5.55. The summed E-state index contributed by atoms with van der Waals surface area (Å²) in [6.07, 6.45) is 3.94. The molecule has 0 saturated carbocycles. The molecule has 152 valence electrons. The van der Waals surface area contributed by atoms with Gasteiger partial charge in [-0.2, -0.15) is 0 Å². The molecule has 0 unspecified atom stereocenters. The number of nitrogens with zero attached hydrogens (tertiary/aromatic N) is 2. The third kappa shape index (κ3) is 5.55. The lowest BCUT2D eigenvalue weighted by molar-refractivity contribution is 0.114. The van der Waals surface area contributed by atoms with E-state index in [1.807, 2.05) is 13.8 Å². The highest BCUT2D eigenvalue weighted by atomic mass is 32.1. The number of thiocarbonyl (C=S) groups is 1. The van der Waals surface area contributed by atoms with Crippen LogP contribution in [0.1, 0.15) is 46.5 Å². The Bertz CT molecular complexity index is 752. The van der Waals surface area contributed by atoms with Crippen molar-refractivity contribution in [1.29, 1.82) is 0 Å². The minimum absolute atomic E-state index is 0.126. The van der Waals surface area contributed by atoms with Crippen LogP contribution in [0.4, 0.5) is 11.5 Å². The van der Waals surface area contributed by atoms with E-state index in [2.05, 4.69) is 17.2 Å². The molecular formula is C18H31N5O3S. The van der Waals surface area contributed by atoms with E-state index in [9.17, 15) is 9.59 Å². The third-order valence-corrected chi connectivity index (χ3v) is 4.88. The molecule has 0 radical (unpaired) electrons. The molecule has 1 aliphatic heterocycles. The van der Waals surface area contributed by atoms with Gasteiger partial charge in [-0.3, -0.25) is 14.3 Å². The van der Waals surface area contributed by atoms with Crippen molar-refractivity contribution in [3.05, 3.63) is 20.8 Å². The van der Waals surface area contributed by atoms with E-state index < -0.39 is 11.2 Å². The molecule has 4 N–H and O–H groups in total. The molecule has 1 fully saturated rings. The highest BCUT2D eigenvalue weighted by Gasteiger charge is 2.23. The molecule has 0 spiro atoms. The van der Waals surface area contributed by atoms with E-state index in [0.29, 0.717) is 24.7 Å². The molecule has 9 heteroatoms. The van der Waals surface area contributed by atoms with Crippen LogP contribution in [0.25, 0.3) is 0 Å². The van der Waals surface area contributed by atoms with Gasteiger partial charge in [0.2, 0.25) is 0 Å². The molecule has 1 saturated heterocycles. The monoisotopic (exact) mass is 397 g/mol. The molecule has 1 aromatic heterocycles. The standard InChI is InChI=1S/C18H31N5O3S/c1-4-5-8-22(18(27)20-10-13-7-6-9-26-13)14-15(19)23(11-12(2)3)17(25)21-16(14)24/h12-13H,4-11,19H2,1-3H3,(H,20,27)(H,21,24,25)/t13-/m1/s1. The fourth-order valence-electron chi connectivity index (χ4n) is 3.12. The fourth-order valence-corrected chi connectivity index (χ4v) is 3.38. The first-order valence-corrected chi connectivity index (χ1v) is 10.1. The Morgan fingerprint density at radius 1 is 1.48 bits per heavy atom. The van der Waals surface area contributed by atoms with Crippen molar-refractivity contribution in [2.45, 2.75) is 59.1 Å². The van der Waals surface area contributed by atoms with Crippen LogP contribution < -0.4 is 27.2 Å². The Morgan fingerprint density at radius 3 is 2.81 bits per heavy atom. The van der Waals surface area contributed by atoms with Crippen molar-refractivity contribution in [2.24, 2.45) is 5.92 Å². The van der Waals surface area contributed by atoms with Crippen molar-refractivity contribution in [1.82, 2.24) is 14.9 Å². The summed E-state index contributed by atoms with van der Waals surface area (Å²) in [5, 5.41) is 3.62. The number of H-pyrrole nitrogens is 1. The zero-order valence-corrected chi connectivity index (χ0v) is 17.2. The lowest BCUT2D eigenvalue weighted by Crippen LogP contribution is -2.47. The Kier molecular flexibility index (Phi) is 7.85. The van der Waals surface area contributed by atoms with Crippen LogP contribution in [0.3, 0.4) is 0 Å². The molecule has 0 aromatic carbocycles. The molecule has 0 bridgehead atoms. The number of ether oxygens (including phenoxy) is 1. The molecule has 2 heterocycles. The first-order valence-electron chi connectivity index (χ1n) is 9.64. The zero-order valence-electron chi connectivity index (χ0n) is 16.4. The quantitative estimate of drug-likeness (QED) is 0.570. The molecule has 2 rings (SSSR count). The Morgan fingerprint density at radius 2 is 2.22 bits per heavy atom. The predicted molar refractivity (Wildman–Crippen MR) is 112 cm³/mol. The predicted octanol–water partition coefficient (Wildman–Crippen LogP) is 1.43. The SMILES string of the molecule is CCCCN(C(=S)NC[C@H]1CCCO1)c1c(N)n(CC(C)C)c(=O)[nH]c1=O. The fraction of sp³-hybridized carbons (Fsp3) is 0.722. The number of nitrogens with one attached hydrogen (secondary N) is 2. The van der Waals surface area contributed by atoms with Crippen LogP contribution in [-0.2, 0) is 11.3 Å². The number of unbranched alkanes of at least 4 members (excludes halogenated alkanes) is 1. The number of nitrogens with two attached hydrogens (primary N) is 1. The summed E-state index contributed by atoms with van der Waals surface area (Å²) in [7, 11) is 0. The van der Waals surface area contributed by atoms with Crippen LogP contribution in [0.5, 0.6) is 0 Å². The zero-order chi connectivity index (χ0) is 20.0. The highest BCUT2D eigenvalue weighted by Crippen LogP contribution is 2.19. The van der Waals surface area contributed by atoms with Gasteiger partial charge in [-0.25, -0.2) is 4.79 Å². The second-order valence-corrected chi connectivity index (χ2v) is 7.71. The van der Waals surface area contributed by atoms with Gasteiger partial charge in [-0.05, 0) is 37.4 Å². The van der Waals surface area contributed by atoms with Gasteiger partial charge in [0.25, 0.3) is 5.56 Å². The average Bonchev–Trinajstić information content (AvgIpc) is 3.12. The van der Waals surface area contributed by atoms with E-state index >= 15 is 0 Å². The summed E-state index contributed by atoms with van der Waals surface area (Å²) in [6, 6.07) is 0. The van der Waals surface area contributed by atoms with Crippen LogP contribution in [0.2, 0.25) is 0 Å². The number of rotatable bonds is 8. The first-order chi connectivity index (χ1) is 12.8. The lowest BCUT2D eigenvalue weighted by atomic mass is 10.2. The number of aromatic nitrogens is 2. The minimum Gasteiger partial charge on any atom is -0.383 e. The summed E-state index contributed by atoms with van der Waals surface area (Å²) in [5.74, 6) is 0.354. The van der Waals surface area contributed by atoms with Crippen molar-refractivity contribution in [3.8, 4) is 0 Å². The van der Waals surface area contributed by atoms with Crippen molar-refractivity contribution in [3.63, 3.8) is 0 Å². The van der Waals surface area contributed by atoms with Gasteiger partial charge in [-0.15, -0.1) is 0 Å². The van der Waals surface area contributed by atoms with Gasteiger partial charge in [0.05, 0.1) is 6.10 Å². The van der Waals surface area contributed by atoms with Gasteiger partial charge in [-0.1, -0.05) is 27.2 Å². The van der Waals surface area contributed by atoms with Gasteiger partial charge in [0.15, 0.2) is 10.8 Å². The third-order valence-electron chi connectivity index (χ3n) is 4.52. The molecule has 8 nitrogen and oxygen atoms in total. The second kappa shape index (κ2) is 9.89. The summed E-state index contributed by atoms with van der Waals surface area (Å²) < 4.78 is 7.02. The molecular weight excluding hydrogens is 366 g/mol. The summed E-state index contributed by atoms with van der Waals surface area (Å²) in [6.45, 7) is 8.36. The summed E-state index contributed by atoms with van der Waals surface area (Å²) in [4.78, 5) is 28.9. The molecule has 27 heavy (non-hydrogen) atoms. The Labute approximate surface area is 165 Å². The van der Waals surface area contributed by atoms with Crippen molar-refractivity contribution >= 4 is 28.8 Å².